The number of nitrogens with one attached hydrogen (secondary N) is 1. The van der Waals surface area contributed by atoms with Crippen LogP contribution in [0.25, 0.3) is 0 Å². The van der Waals surface area contributed by atoms with E-state index in [1.807, 2.05) is 31.1 Å². The molecule has 2 saturated heterocycles. The average Bonchev–Trinajstić information content (AvgIpc) is 3.02. The Morgan fingerprint density at radius 1 is 1.18 bits per heavy atom. The molecule has 8 nitrogen and oxygen atoms in total. The van der Waals surface area contributed by atoms with Gasteiger partial charge in [-0.15, -0.1) is 0 Å². The van der Waals surface area contributed by atoms with Crippen molar-refractivity contribution in [3.63, 3.8) is 0 Å². The number of anilines is 1. The summed E-state index contributed by atoms with van der Waals surface area (Å²) in [5.41, 5.74) is 1.61. The summed E-state index contributed by atoms with van der Waals surface area (Å²) in [6.07, 6.45) is -1.75. The molecule has 1 aromatic carbocycles. The van der Waals surface area contributed by atoms with Crippen molar-refractivity contribution in [3.05, 3.63) is 29.8 Å². The van der Waals surface area contributed by atoms with Crippen LogP contribution in [0.1, 0.15) is 10.4 Å². The molecule has 0 saturated carbocycles. The Morgan fingerprint density at radius 3 is 2.39 bits per heavy atom. The highest BCUT2D eigenvalue weighted by Gasteiger charge is 2.46. The minimum absolute atomic E-state index is 0.173. The van der Waals surface area contributed by atoms with Crippen LogP contribution in [0.2, 0.25) is 0 Å². The normalized spacial score (nSPS) is 29.0. The molecule has 3 N–H and O–H groups in total. The fraction of sp³-hybridized carbons (Fsp3) is 0.650. The van der Waals surface area contributed by atoms with Gasteiger partial charge in [0.2, 0.25) is 0 Å². The van der Waals surface area contributed by atoms with Crippen LogP contribution in [0.4, 0.5) is 5.69 Å². The molecule has 0 aromatic heterocycles. The van der Waals surface area contributed by atoms with Gasteiger partial charge in [0, 0.05) is 58.1 Å². The molecule has 0 spiro atoms. The summed E-state index contributed by atoms with van der Waals surface area (Å²) in [4.78, 5) is 19.0. The van der Waals surface area contributed by atoms with Gasteiger partial charge in [-0.05, 0) is 31.3 Å². The summed E-state index contributed by atoms with van der Waals surface area (Å²) >= 11 is 0. The number of aliphatic hydroxyl groups excluding tert-OH is 2. The van der Waals surface area contributed by atoms with Crippen LogP contribution in [0, 0.1) is 0 Å². The summed E-state index contributed by atoms with van der Waals surface area (Å²) in [5.74, 6) is -0.173. The molecule has 2 aliphatic rings. The van der Waals surface area contributed by atoms with Crippen molar-refractivity contribution >= 4 is 11.6 Å². The molecule has 28 heavy (non-hydrogen) atoms. The van der Waals surface area contributed by atoms with E-state index in [0.717, 1.165) is 31.9 Å². The average molecular weight is 393 g/mol. The van der Waals surface area contributed by atoms with Crippen LogP contribution in [-0.2, 0) is 4.74 Å². The van der Waals surface area contributed by atoms with E-state index in [4.69, 9.17) is 4.74 Å². The van der Waals surface area contributed by atoms with Crippen molar-refractivity contribution in [3.8, 4) is 0 Å². The van der Waals surface area contributed by atoms with E-state index < -0.39 is 12.2 Å². The van der Waals surface area contributed by atoms with Crippen molar-refractivity contribution in [1.82, 2.24) is 15.1 Å². The molecule has 0 bridgehead atoms. The highest BCUT2D eigenvalue weighted by Crippen LogP contribution is 2.26. The second kappa shape index (κ2) is 9.19. The van der Waals surface area contributed by atoms with E-state index in [0.29, 0.717) is 12.1 Å². The van der Waals surface area contributed by atoms with Crippen molar-refractivity contribution in [2.24, 2.45) is 0 Å². The SMILES string of the molecule is CN1CCN(C2C(CNC(=O)c3ccc(N(C)C)cc3)OC(CO)C2O)CC1. The smallest absolute Gasteiger partial charge is 0.251 e. The Kier molecular flexibility index (Phi) is 6.90. The molecule has 8 heteroatoms. The van der Waals surface area contributed by atoms with Crippen LogP contribution >= 0.6 is 0 Å². The van der Waals surface area contributed by atoms with Crippen LogP contribution in [0.15, 0.2) is 24.3 Å². The van der Waals surface area contributed by atoms with Crippen molar-refractivity contribution < 1.29 is 19.7 Å². The number of piperazine rings is 1. The first-order valence-electron chi connectivity index (χ1n) is 9.83. The van der Waals surface area contributed by atoms with Gasteiger partial charge in [0.1, 0.15) is 12.2 Å². The number of hydrogen-bond acceptors (Lipinski definition) is 7. The maximum atomic E-state index is 12.5. The highest BCUT2D eigenvalue weighted by atomic mass is 16.5. The second-order valence-corrected chi connectivity index (χ2v) is 7.87. The molecule has 3 rings (SSSR count). The van der Waals surface area contributed by atoms with E-state index in [-0.39, 0.29) is 24.7 Å². The van der Waals surface area contributed by atoms with Gasteiger partial charge in [-0.2, -0.15) is 0 Å². The van der Waals surface area contributed by atoms with E-state index in [2.05, 4.69) is 22.2 Å². The number of hydrogen-bond donors (Lipinski definition) is 3. The fourth-order valence-electron chi connectivity index (χ4n) is 3.92. The van der Waals surface area contributed by atoms with Crippen LogP contribution < -0.4 is 10.2 Å². The molecule has 4 unspecified atom stereocenters. The number of carbonyl (C=O) groups excluding carboxylic acids is 1. The summed E-state index contributed by atoms with van der Waals surface area (Å²) < 4.78 is 5.88. The Labute approximate surface area is 166 Å². The standard InChI is InChI=1S/C20H32N4O4/c1-22(2)15-6-4-14(5-7-15)20(27)21-12-16-18(19(26)17(13-25)28-16)24-10-8-23(3)9-11-24/h4-7,16-19,25-26H,8-13H2,1-3H3,(H,21,27). The van der Waals surface area contributed by atoms with E-state index in [1.54, 1.807) is 12.1 Å². The monoisotopic (exact) mass is 392 g/mol. The quantitative estimate of drug-likeness (QED) is 0.585. The Bertz CT molecular complexity index is 646. The maximum Gasteiger partial charge on any atom is 0.251 e. The third-order valence-corrected chi connectivity index (χ3v) is 5.71. The molecule has 2 heterocycles. The van der Waals surface area contributed by atoms with E-state index in [1.165, 1.54) is 0 Å². The number of benzene rings is 1. The highest BCUT2D eigenvalue weighted by molar-refractivity contribution is 5.94. The molecule has 0 aliphatic carbocycles. The first kappa shape index (κ1) is 21.0. The predicted molar refractivity (Wildman–Crippen MR) is 108 cm³/mol. The number of amides is 1. The zero-order valence-corrected chi connectivity index (χ0v) is 16.9. The number of ether oxygens (including phenoxy) is 1. The number of rotatable bonds is 6. The molecule has 1 amide bonds. The van der Waals surface area contributed by atoms with Crippen LogP contribution in [0.5, 0.6) is 0 Å². The van der Waals surface area contributed by atoms with Gasteiger partial charge >= 0.3 is 0 Å². The summed E-state index contributed by atoms with van der Waals surface area (Å²) in [6, 6.07) is 7.16. The summed E-state index contributed by atoms with van der Waals surface area (Å²) in [5, 5.41) is 23.1. The number of likely N-dealkylation sites (N-methyl/N-ethyl adjacent to an activating group) is 1. The summed E-state index contributed by atoms with van der Waals surface area (Å²) in [6.45, 7) is 3.56. The minimum atomic E-state index is -0.769. The first-order chi connectivity index (χ1) is 13.4. The van der Waals surface area contributed by atoms with E-state index >= 15 is 0 Å². The summed E-state index contributed by atoms with van der Waals surface area (Å²) in [7, 11) is 5.98. The van der Waals surface area contributed by atoms with E-state index in [9.17, 15) is 15.0 Å². The molecule has 4 atom stereocenters. The van der Waals surface area contributed by atoms with Crippen molar-refractivity contribution in [2.75, 3.05) is 65.4 Å². The molecule has 0 radical (unpaired) electrons. The molecule has 2 fully saturated rings. The minimum Gasteiger partial charge on any atom is -0.394 e. The third kappa shape index (κ3) is 4.64. The van der Waals surface area contributed by atoms with Gasteiger partial charge < -0.3 is 30.1 Å². The maximum absolute atomic E-state index is 12.5. The van der Waals surface area contributed by atoms with Crippen molar-refractivity contribution in [1.29, 1.82) is 0 Å². The zero-order chi connectivity index (χ0) is 20.3. The van der Waals surface area contributed by atoms with Gasteiger partial charge in [0.05, 0.1) is 18.8 Å². The lowest BCUT2D eigenvalue weighted by Crippen LogP contribution is -2.56. The Balaban J connectivity index is 1.62. The second-order valence-electron chi connectivity index (χ2n) is 7.87. The van der Waals surface area contributed by atoms with Gasteiger partial charge in [-0.1, -0.05) is 0 Å². The topological polar surface area (TPSA) is 88.5 Å². The number of carbonyl (C=O) groups is 1. The molecule has 2 aliphatic heterocycles. The van der Waals surface area contributed by atoms with Gasteiger partial charge in [0.25, 0.3) is 5.91 Å². The molecular weight excluding hydrogens is 360 g/mol. The Morgan fingerprint density at radius 2 is 1.82 bits per heavy atom. The lowest BCUT2D eigenvalue weighted by Gasteiger charge is -2.39. The first-order valence-corrected chi connectivity index (χ1v) is 9.83. The molecule has 1 aromatic rings. The van der Waals surface area contributed by atoms with Crippen LogP contribution in [0.3, 0.4) is 0 Å². The lowest BCUT2D eigenvalue weighted by molar-refractivity contribution is -0.0209. The van der Waals surface area contributed by atoms with Crippen LogP contribution in [-0.4, -0.2) is 111 Å². The van der Waals surface area contributed by atoms with Gasteiger partial charge in [0.15, 0.2) is 0 Å². The third-order valence-electron chi connectivity index (χ3n) is 5.71. The lowest BCUT2D eigenvalue weighted by atomic mass is 10.0. The molecule has 156 valence electrons. The zero-order valence-electron chi connectivity index (χ0n) is 16.9. The molecular formula is C20H32N4O4. The Hall–Kier alpha value is -1.71. The fourth-order valence-corrected chi connectivity index (χ4v) is 3.92. The van der Waals surface area contributed by atoms with Gasteiger partial charge in [-0.3, -0.25) is 9.69 Å². The van der Waals surface area contributed by atoms with Crippen molar-refractivity contribution in [2.45, 2.75) is 24.4 Å². The van der Waals surface area contributed by atoms with Gasteiger partial charge in [-0.25, -0.2) is 0 Å². The number of nitrogens with zero attached hydrogens (tertiary/aromatic N) is 3. The largest absolute Gasteiger partial charge is 0.394 e. The predicted octanol–water partition coefficient (Wildman–Crippen LogP) is -0.781. The number of aliphatic hydroxyl groups is 2.